The Bertz CT molecular complexity index is 699. The van der Waals surface area contributed by atoms with Crippen LogP contribution in [0.4, 0.5) is 5.69 Å². The van der Waals surface area contributed by atoms with Crippen molar-refractivity contribution in [1.29, 1.82) is 0 Å². The molecule has 5 nitrogen and oxygen atoms in total. The molecule has 0 saturated heterocycles. The van der Waals surface area contributed by atoms with E-state index in [0.29, 0.717) is 22.4 Å². The molecule has 0 aliphatic heterocycles. The zero-order chi connectivity index (χ0) is 16.3. The largest absolute Gasteiger partial charge is 0.495 e. The second kappa shape index (κ2) is 6.98. The first-order valence-electron chi connectivity index (χ1n) is 6.80. The predicted molar refractivity (Wildman–Crippen MR) is 93.7 cm³/mol. The summed E-state index contributed by atoms with van der Waals surface area (Å²) in [4.78, 5) is 0. The molecule has 0 unspecified atom stereocenters. The molecule has 0 radical (unpaired) electrons. The lowest BCUT2D eigenvalue weighted by molar-refractivity contribution is 0.417. The topological polar surface area (TPSA) is 51.1 Å². The Kier molecular flexibility index (Phi) is 5.26. The number of hydrogen-bond acceptors (Lipinski definition) is 3. The Hall–Kier alpha value is -1.79. The van der Waals surface area contributed by atoms with E-state index >= 15 is 0 Å². The second-order valence-corrected chi connectivity index (χ2v) is 5.77. The Morgan fingerprint density at radius 2 is 2.14 bits per heavy atom. The van der Waals surface area contributed by atoms with Gasteiger partial charge in [0.25, 0.3) is 0 Å². The fraction of sp³-hybridized carbons (Fsp3) is 0.333. The van der Waals surface area contributed by atoms with E-state index in [4.69, 9.17) is 28.6 Å². The minimum atomic E-state index is 0.503. The number of hydrogen-bond donors (Lipinski definition) is 2. The van der Waals surface area contributed by atoms with Gasteiger partial charge in [-0.1, -0.05) is 11.6 Å². The van der Waals surface area contributed by atoms with Crippen molar-refractivity contribution in [3.05, 3.63) is 40.2 Å². The lowest BCUT2D eigenvalue weighted by Crippen LogP contribution is -2.28. The van der Waals surface area contributed by atoms with Crippen LogP contribution >= 0.6 is 23.8 Å². The summed E-state index contributed by atoms with van der Waals surface area (Å²) in [7, 11) is 3.53. The quantitative estimate of drug-likeness (QED) is 0.838. The molecule has 1 heterocycles. The van der Waals surface area contributed by atoms with Crippen LogP contribution in [-0.4, -0.2) is 22.0 Å². The Morgan fingerprint density at radius 3 is 2.73 bits per heavy atom. The summed E-state index contributed by atoms with van der Waals surface area (Å²) < 4.78 is 7.15. The number of anilines is 1. The number of thiocarbonyl (C=S) groups is 1. The first-order valence-corrected chi connectivity index (χ1v) is 7.58. The molecule has 7 heteroatoms. The highest BCUT2D eigenvalue weighted by atomic mass is 35.5. The van der Waals surface area contributed by atoms with Crippen LogP contribution in [-0.2, 0) is 13.6 Å². The molecule has 0 bridgehead atoms. The van der Waals surface area contributed by atoms with Crippen molar-refractivity contribution < 1.29 is 4.74 Å². The minimum absolute atomic E-state index is 0.503. The van der Waals surface area contributed by atoms with Gasteiger partial charge >= 0.3 is 0 Å². The van der Waals surface area contributed by atoms with Crippen molar-refractivity contribution in [3.8, 4) is 5.75 Å². The zero-order valence-corrected chi connectivity index (χ0v) is 14.6. The first kappa shape index (κ1) is 16.6. The van der Waals surface area contributed by atoms with Crippen molar-refractivity contribution in [1.82, 2.24) is 15.1 Å². The maximum Gasteiger partial charge on any atom is 0.171 e. The molecular weight excluding hydrogens is 320 g/mol. The molecule has 1 aromatic carbocycles. The maximum absolute atomic E-state index is 6.00. The van der Waals surface area contributed by atoms with Gasteiger partial charge in [0.15, 0.2) is 5.11 Å². The molecule has 118 valence electrons. The number of aryl methyl sites for hydroxylation is 2. The monoisotopic (exact) mass is 338 g/mol. The van der Waals surface area contributed by atoms with E-state index in [1.54, 1.807) is 25.3 Å². The average Bonchev–Trinajstić information content (AvgIpc) is 2.70. The van der Waals surface area contributed by atoms with Crippen molar-refractivity contribution in [2.75, 3.05) is 12.4 Å². The molecule has 2 rings (SSSR count). The third kappa shape index (κ3) is 3.69. The minimum Gasteiger partial charge on any atom is -0.495 e. The number of nitrogens with one attached hydrogen (secondary N) is 2. The third-order valence-corrected chi connectivity index (χ3v) is 3.98. The summed E-state index contributed by atoms with van der Waals surface area (Å²) in [6.07, 6.45) is 0. The van der Waals surface area contributed by atoms with Crippen LogP contribution in [0.2, 0.25) is 5.02 Å². The van der Waals surface area contributed by atoms with Crippen molar-refractivity contribution in [2.24, 2.45) is 7.05 Å². The molecule has 22 heavy (non-hydrogen) atoms. The van der Waals surface area contributed by atoms with E-state index in [0.717, 1.165) is 22.6 Å². The number of benzene rings is 1. The first-order chi connectivity index (χ1) is 10.4. The average molecular weight is 339 g/mol. The van der Waals surface area contributed by atoms with E-state index in [-0.39, 0.29) is 0 Å². The van der Waals surface area contributed by atoms with Crippen LogP contribution < -0.4 is 15.4 Å². The van der Waals surface area contributed by atoms with Crippen molar-refractivity contribution >= 4 is 34.6 Å². The number of ether oxygens (including phenoxy) is 1. The van der Waals surface area contributed by atoms with E-state index in [9.17, 15) is 0 Å². The lowest BCUT2D eigenvalue weighted by atomic mass is 10.2. The van der Waals surface area contributed by atoms with Crippen molar-refractivity contribution in [3.63, 3.8) is 0 Å². The molecule has 0 spiro atoms. The van der Waals surface area contributed by atoms with Crippen LogP contribution in [0, 0.1) is 13.8 Å². The number of nitrogens with zero attached hydrogens (tertiary/aromatic N) is 2. The number of methoxy groups -OCH3 is 1. The molecule has 1 aromatic heterocycles. The highest BCUT2D eigenvalue weighted by Gasteiger charge is 2.10. The van der Waals surface area contributed by atoms with Crippen LogP contribution in [0.1, 0.15) is 17.0 Å². The smallest absolute Gasteiger partial charge is 0.171 e. The summed E-state index contributed by atoms with van der Waals surface area (Å²) in [5.74, 6) is 0.683. The lowest BCUT2D eigenvalue weighted by Gasteiger charge is -2.14. The molecule has 2 aromatic rings. The summed E-state index contributed by atoms with van der Waals surface area (Å²) in [5, 5.41) is 11.8. The van der Waals surface area contributed by atoms with Gasteiger partial charge in [-0.25, -0.2) is 0 Å². The van der Waals surface area contributed by atoms with Crippen LogP contribution in [0.15, 0.2) is 18.2 Å². The highest BCUT2D eigenvalue weighted by molar-refractivity contribution is 7.80. The van der Waals surface area contributed by atoms with E-state index in [1.165, 1.54) is 0 Å². The van der Waals surface area contributed by atoms with Gasteiger partial charge in [-0.3, -0.25) is 4.68 Å². The van der Waals surface area contributed by atoms with Gasteiger partial charge in [-0.2, -0.15) is 5.10 Å². The molecular formula is C15H19ClN4OS. The van der Waals surface area contributed by atoms with E-state index < -0.39 is 0 Å². The molecule has 0 fully saturated rings. The second-order valence-electron chi connectivity index (χ2n) is 4.93. The summed E-state index contributed by atoms with van der Waals surface area (Å²) in [6.45, 7) is 4.63. The van der Waals surface area contributed by atoms with Gasteiger partial charge in [0.05, 0.1) is 18.5 Å². The predicted octanol–water partition coefficient (Wildman–Crippen LogP) is 3.19. The van der Waals surface area contributed by atoms with E-state index in [1.807, 2.05) is 25.6 Å². The molecule has 0 aliphatic rings. The van der Waals surface area contributed by atoms with Crippen LogP contribution in [0.5, 0.6) is 5.75 Å². The highest BCUT2D eigenvalue weighted by Crippen LogP contribution is 2.27. The molecule has 0 saturated carbocycles. The molecule has 2 N–H and O–H groups in total. The van der Waals surface area contributed by atoms with Gasteiger partial charge in [-0.05, 0) is 44.3 Å². The van der Waals surface area contributed by atoms with Crippen LogP contribution in [0.3, 0.4) is 0 Å². The molecule has 0 amide bonds. The fourth-order valence-electron chi connectivity index (χ4n) is 2.19. The summed E-state index contributed by atoms with van der Waals surface area (Å²) in [6, 6.07) is 5.34. The molecule has 0 aliphatic carbocycles. The van der Waals surface area contributed by atoms with Gasteiger partial charge in [0.2, 0.25) is 0 Å². The number of aromatic nitrogens is 2. The number of rotatable bonds is 4. The fourth-order valence-corrected chi connectivity index (χ4v) is 2.54. The van der Waals surface area contributed by atoms with Gasteiger partial charge in [0, 0.05) is 29.9 Å². The molecule has 0 atom stereocenters. The SMILES string of the molecule is COc1ccc(Cl)cc1NC(=S)NCc1c(C)nn(C)c1C. The van der Waals surface area contributed by atoms with Gasteiger partial charge in [0.1, 0.15) is 5.75 Å². The summed E-state index contributed by atoms with van der Waals surface area (Å²) >= 11 is 11.3. The zero-order valence-electron chi connectivity index (χ0n) is 13.0. The summed E-state index contributed by atoms with van der Waals surface area (Å²) in [5.41, 5.74) is 3.99. The van der Waals surface area contributed by atoms with Crippen LogP contribution in [0.25, 0.3) is 0 Å². The normalized spacial score (nSPS) is 10.4. The Labute approximate surface area is 140 Å². The van der Waals surface area contributed by atoms with Gasteiger partial charge < -0.3 is 15.4 Å². The Balaban J connectivity index is 2.03. The number of halogens is 1. The maximum atomic E-state index is 6.00. The van der Waals surface area contributed by atoms with Crippen molar-refractivity contribution in [2.45, 2.75) is 20.4 Å². The van der Waals surface area contributed by atoms with E-state index in [2.05, 4.69) is 15.7 Å². The third-order valence-electron chi connectivity index (χ3n) is 3.49. The Morgan fingerprint density at radius 1 is 1.41 bits per heavy atom. The van der Waals surface area contributed by atoms with Gasteiger partial charge in [-0.15, -0.1) is 0 Å². The standard InChI is InChI=1S/C15H19ClN4OS/c1-9-12(10(2)20(3)19-9)8-17-15(22)18-13-7-11(16)5-6-14(13)21-4/h5-7H,8H2,1-4H3,(H2,17,18,22).